The van der Waals surface area contributed by atoms with Gasteiger partial charge in [0.25, 0.3) is 0 Å². The second-order valence-electron chi connectivity index (χ2n) is 11.0. The lowest BCUT2D eigenvalue weighted by molar-refractivity contribution is -0.268. The van der Waals surface area contributed by atoms with Gasteiger partial charge in [0.15, 0.2) is 13.9 Å². The maximum Gasteiger partial charge on any atom is 0.416 e. The number of aryl methyl sites for hydroxylation is 1. The van der Waals surface area contributed by atoms with E-state index in [0.29, 0.717) is 24.6 Å². The molecule has 1 fully saturated rings. The molecule has 1 aromatic heterocycles. The van der Waals surface area contributed by atoms with Gasteiger partial charge in [-0.05, 0) is 116 Å². The topological polar surface area (TPSA) is 27.1 Å². The molecular weight excluding hydrogens is 496 g/mol. The number of rotatable bonds is 6. The molecule has 0 saturated heterocycles. The quantitative estimate of drug-likeness (QED) is 0.234. The van der Waals surface area contributed by atoms with Crippen LogP contribution >= 0.6 is 0 Å². The normalized spacial score (nSPS) is 24.5. The zero-order valence-corrected chi connectivity index (χ0v) is 22.9. The van der Waals surface area contributed by atoms with E-state index in [4.69, 9.17) is 4.43 Å². The summed E-state index contributed by atoms with van der Waals surface area (Å²) in [5.74, 6) is -0.261. The average molecular weight is 533 g/mol. The molecule has 0 amide bonds. The first-order valence-corrected chi connectivity index (χ1v) is 16.2. The predicted molar refractivity (Wildman–Crippen MR) is 141 cm³/mol. The Kier molecular flexibility index (Phi) is 7.03. The van der Waals surface area contributed by atoms with E-state index in [-0.39, 0.29) is 30.5 Å². The van der Waals surface area contributed by atoms with Gasteiger partial charge in [-0.1, -0.05) is 20.8 Å². The van der Waals surface area contributed by atoms with Gasteiger partial charge in [-0.25, -0.2) is 9.07 Å². The van der Waals surface area contributed by atoms with Gasteiger partial charge in [-0.15, -0.1) is 0 Å². The van der Waals surface area contributed by atoms with Crippen molar-refractivity contribution < 1.29 is 22.0 Å². The molecule has 5 rings (SSSR count). The Morgan fingerprint density at radius 3 is 2.41 bits per heavy atom. The van der Waals surface area contributed by atoms with Crippen LogP contribution in [0.5, 0.6) is 0 Å². The largest absolute Gasteiger partial charge is 0.416 e. The highest BCUT2D eigenvalue weighted by Gasteiger charge is 2.61. The van der Waals surface area contributed by atoms with Crippen LogP contribution in [0.4, 0.5) is 17.6 Å². The fraction of sp³-hybridized carbons (Fsp3) is 0.552. The molecule has 1 saturated carbocycles. The number of benzene rings is 2. The van der Waals surface area contributed by atoms with E-state index in [0.717, 1.165) is 35.9 Å². The number of alkyl halides is 3. The molecule has 2 aliphatic carbocycles. The van der Waals surface area contributed by atoms with E-state index < -0.39 is 20.1 Å². The molecular formula is C29H36F4N2OSi. The maximum absolute atomic E-state index is 14.8. The Morgan fingerprint density at radius 1 is 1.05 bits per heavy atom. The van der Waals surface area contributed by atoms with Gasteiger partial charge in [0.2, 0.25) is 0 Å². The second-order valence-corrected chi connectivity index (χ2v) is 15.7. The number of fused-ring (bicyclic) bond motifs is 4. The molecule has 2 aliphatic rings. The molecule has 2 aromatic carbocycles. The van der Waals surface area contributed by atoms with Crippen molar-refractivity contribution in [3.8, 4) is 5.69 Å². The van der Waals surface area contributed by atoms with Crippen molar-refractivity contribution >= 4 is 19.2 Å². The van der Waals surface area contributed by atoms with Crippen LogP contribution in [0, 0.1) is 11.7 Å². The maximum atomic E-state index is 14.8. The minimum atomic E-state index is -4.37. The molecule has 1 heterocycles. The van der Waals surface area contributed by atoms with Crippen molar-refractivity contribution in [3.63, 3.8) is 0 Å². The fourth-order valence-electron chi connectivity index (χ4n) is 6.83. The minimum Gasteiger partial charge on any atom is -0.403 e. The Hall–Kier alpha value is -2.19. The van der Waals surface area contributed by atoms with Crippen molar-refractivity contribution in [2.75, 3.05) is 0 Å². The smallest absolute Gasteiger partial charge is 0.403 e. The van der Waals surface area contributed by atoms with Gasteiger partial charge in [-0.2, -0.15) is 18.3 Å². The predicted octanol–water partition coefficient (Wildman–Crippen LogP) is 8.71. The van der Waals surface area contributed by atoms with Crippen LogP contribution in [0.1, 0.15) is 69.9 Å². The van der Waals surface area contributed by atoms with E-state index in [1.54, 1.807) is 18.3 Å². The summed E-state index contributed by atoms with van der Waals surface area (Å²) in [7, 11) is -2.45. The second kappa shape index (κ2) is 9.84. The number of hydrogen-bond donors (Lipinski definition) is 0. The molecule has 0 unspecified atom stereocenters. The summed E-state index contributed by atoms with van der Waals surface area (Å²) in [6, 6.07) is 12.7. The van der Waals surface area contributed by atoms with Crippen molar-refractivity contribution in [2.45, 2.75) is 95.1 Å². The van der Waals surface area contributed by atoms with Gasteiger partial charge >= 0.3 is 6.18 Å². The van der Waals surface area contributed by atoms with Gasteiger partial charge in [0.05, 0.1) is 17.4 Å². The fourth-order valence-corrected chi connectivity index (χ4v) is 9.90. The molecule has 3 aromatic rings. The third kappa shape index (κ3) is 4.65. The summed E-state index contributed by atoms with van der Waals surface area (Å²) in [5.41, 5.74) is 2.07. The zero-order chi connectivity index (χ0) is 26.4. The summed E-state index contributed by atoms with van der Waals surface area (Å²) < 4.78 is 65.9. The number of aromatic nitrogens is 2. The van der Waals surface area contributed by atoms with Crippen LogP contribution < -0.4 is 0 Å². The van der Waals surface area contributed by atoms with E-state index in [9.17, 15) is 17.6 Å². The number of nitrogens with zero attached hydrogens (tertiary/aromatic N) is 2. The highest BCUT2D eigenvalue weighted by Crippen LogP contribution is 2.55. The van der Waals surface area contributed by atoms with Crippen LogP contribution in [0.15, 0.2) is 42.6 Å². The summed E-state index contributed by atoms with van der Waals surface area (Å²) in [6.45, 7) is 5.98. The molecule has 8 heteroatoms. The Labute approximate surface area is 217 Å². The van der Waals surface area contributed by atoms with Gasteiger partial charge in [-0.3, -0.25) is 0 Å². The summed E-state index contributed by atoms with van der Waals surface area (Å²) >= 11 is 0. The average Bonchev–Trinajstić information content (AvgIpc) is 3.21. The molecule has 0 bridgehead atoms. The molecule has 0 spiro atoms. The first kappa shape index (κ1) is 26.4. The SMILES string of the molecule is CC[Si](CC)(CC)O[C@]1(C(F)(F)F)CC[C@H]2c3cc4cnn(-c5ccc(F)cc5)c4cc3CCC[C@@H]2C1. The number of hydrogen-bond acceptors (Lipinski definition) is 2. The Bertz CT molecular complexity index is 1240. The van der Waals surface area contributed by atoms with Crippen molar-refractivity contribution in [1.82, 2.24) is 9.78 Å². The summed E-state index contributed by atoms with van der Waals surface area (Å²) in [6.07, 6.45) is 0.470. The molecule has 3 atom stereocenters. The highest BCUT2D eigenvalue weighted by molar-refractivity contribution is 6.73. The van der Waals surface area contributed by atoms with E-state index >= 15 is 0 Å². The molecule has 0 N–H and O–H groups in total. The van der Waals surface area contributed by atoms with Crippen LogP contribution in [-0.4, -0.2) is 29.9 Å². The van der Waals surface area contributed by atoms with Crippen LogP contribution in [0.25, 0.3) is 16.6 Å². The Morgan fingerprint density at radius 2 is 1.76 bits per heavy atom. The lowest BCUT2D eigenvalue weighted by Gasteiger charge is -2.49. The van der Waals surface area contributed by atoms with Crippen molar-refractivity contribution in [1.29, 1.82) is 0 Å². The van der Waals surface area contributed by atoms with E-state index in [1.807, 2.05) is 25.5 Å². The monoisotopic (exact) mass is 532 g/mol. The Balaban J connectivity index is 1.50. The standard InChI is InChI=1S/C29H36F4N2OSi/c1-4-37(5-2,6-3)36-28(29(31,32)33)15-14-25-21(18-28)9-7-8-20-17-27-22(16-26(20)25)19-34-35(27)24-12-10-23(30)11-13-24/h10-13,16-17,19,21,25H,4-9,14-15,18H2,1-3H3/t21-,25-,28-/m1/s1. The van der Waals surface area contributed by atoms with E-state index in [2.05, 4.69) is 17.2 Å². The molecule has 0 radical (unpaired) electrons. The van der Waals surface area contributed by atoms with Crippen molar-refractivity contribution in [3.05, 3.63) is 59.5 Å². The van der Waals surface area contributed by atoms with E-state index in [1.165, 1.54) is 23.3 Å². The van der Waals surface area contributed by atoms with Crippen molar-refractivity contribution in [2.24, 2.45) is 5.92 Å². The third-order valence-corrected chi connectivity index (χ3v) is 13.9. The molecule has 0 aliphatic heterocycles. The first-order valence-electron chi connectivity index (χ1n) is 13.7. The molecule has 3 nitrogen and oxygen atoms in total. The first-order chi connectivity index (χ1) is 17.6. The lowest BCUT2D eigenvalue weighted by Crippen LogP contribution is -2.58. The number of halogens is 4. The van der Waals surface area contributed by atoms with Gasteiger partial charge < -0.3 is 4.43 Å². The molecule has 200 valence electrons. The lowest BCUT2D eigenvalue weighted by atomic mass is 9.68. The summed E-state index contributed by atoms with van der Waals surface area (Å²) in [5, 5.41) is 5.51. The van der Waals surface area contributed by atoms with Gasteiger partial charge in [0, 0.05) is 5.39 Å². The third-order valence-electron chi connectivity index (χ3n) is 9.20. The minimum absolute atomic E-state index is 0.0265. The molecule has 37 heavy (non-hydrogen) atoms. The zero-order valence-electron chi connectivity index (χ0n) is 21.9. The van der Waals surface area contributed by atoms with Crippen LogP contribution in [-0.2, 0) is 10.8 Å². The van der Waals surface area contributed by atoms with Crippen LogP contribution in [0.3, 0.4) is 0 Å². The highest BCUT2D eigenvalue weighted by atomic mass is 28.4. The van der Waals surface area contributed by atoms with Crippen LogP contribution in [0.2, 0.25) is 18.1 Å². The summed E-state index contributed by atoms with van der Waals surface area (Å²) in [4.78, 5) is 0. The van der Waals surface area contributed by atoms with Gasteiger partial charge in [0.1, 0.15) is 5.82 Å².